The Morgan fingerprint density at radius 2 is 1.65 bits per heavy atom. The maximum absolute atomic E-state index is 13.4. The molecule has 3 N–H and O–H groups in total. The predicted molar refractivity (Wildman–Crippen MR) is 163 cm³/mol. The Balaban J connectivity index is 1.95. The molecule has 1 aliphatic rings. The quantitative estimate of drug-likeness (QED) is 0.323. The fraction of sp³-hybridized carbons (Fsp3) is 0.412. The van der Waals surface area contributed by atoms with E-state index in [1.807, 2.05) is 63.3 Å². The molecule has 0 aromatic heterocycles. The lowest BCUT2D eigenvalue weighted by molar-refractivity contribution is -0.177. The van der Waals surface area contributed by atoms with Gasteiger partial charge in [0.15, 0.2) is 6.10 Å². The number of cyclic esters (lactones) is 2. The van der Waals surface area contributed by atoms with E-state index in [-0.39, 0.29) is 37.0 Å². The van der Waals surface area contributed by atoms with E-state index >= 15 is 0 Å². The Morgan fingerprint density at radius 3 is 2.30 bits per heavy atom. The summed E-state index contributed by atoms with van der Waals surface area (Å²) in [5.74, 6) is -2.57. The molecule has 2 amide bonds. The van der Waals surface area contributed by atoms with E-state index in [2.05, 4.69) is 10.6 Å². The van der Waals surface area contributed by atoms with Gasteiger partial charge >= 0.3 is 11.9 Å². The standard InChI is InChI=1S/C34H42N2O7/c1-22(2)20-28-32(40)42-27(23(3)14-15-24-10-7-6-8-11-24)12-9-13-29(38)36-30(25-16-18-26(37)19-17-25)31(39)35-21-34(4,5)33(41)43-28/h6-12,14-19,22-23,27-28,30,37H,13,20-21H2,1-5H3,(H,35,39)(H,36,38)/t23-,27+,28+,30-/m1/s1. The monoisotopic (exact) mass is 590 g/mol. The van der Waals surface area contributed by atoms with Crippen LogP contribution in [-0.2, 0) is 28.7 Å². The zero-order valence-electron chi connectivity index (χ0n) is 25.4. The van der Waals surface area contributed by atoms with Crippen molar-refractivity contribution in [2.45, 2.75) is 65.7 Å². The lowest BCUT2D eigenvalue weighted by atomic mass is 9.93. The lowest BCUT2D eigenvalue weighted by Gasteiger charge is -2.29. The van der Waals surface area contributed by atoms with Gasteiger partial charge < -0.3 is 25.2 Å². The number of hydrogen-bond acceptors (Lipinski definition) is 7. The zero-order chi connectivity index (χ0) is 31.6. The van der Waals surface area contributed by atoms with Gasteiger partial charge in [0.1, 0.15) is 17.9 Å². The Labute approximate surface area is 253 Å². The lowest BCUT2D eigenvalue weighted by Crippen LogP contribution is -2.47. The van der Waals surface area contributed by atoms with Gasteiger partial charge in [-0.2, -0.15) is 0 Å². The number of phenolic OH excluding ortho intramolecular Hbond substituents is 1. The van der Waals surface area contributed by atoms with Gasteiger partial charge in [0.2, 0.25) is 11.8 Å². The summed E-state index contributed by atoms with van der Waals surface area (Å²) in [6, 6.07) is 14.5. The van der Waals surface area contributed by atoms with Crippen LogP contribution in [0.4, 0.5) is 0 Å². The highest BCUT2D eigenvalue weighted by molar-refractivity contribution is 5.90. The van der Waals surface area contributed by atoms with Gasteiger partial charge in [-0.05, 0) is 55.5 Å². The molecule has 3 rings (SSSR count). The van der Waals surface area contributed by atoms with Crippen LogP contribution in [0.1, 0.15) is 64.6 Å². The first kappa shape index (κ1) is 33.1. The van der Waals surface area contributed by atoms with Crippen LogP contribution in [0.2, 0.25) is 0 Å². The molecule has 0 saturated carbocycles. The molecule has 9 nitrogen and oxygen atoms in total. The first-order valence-corrected chi connectivity index (χ1v) is 14.5. The van der Waals surface area contributed by atoms with Crippen molar-refractivity contribution in [3.05, 3.63) is 84.0 Å². The molecule has 0 unspecified atom stereocenters. The topological polar surface area (TPSA) is 131 Å². The maximum atomic E-state index is 13.4. The van der Waals surface area contributed by atoms with E-state index in [1.54, 1.807) is 38.1 Å². The van der Waals surface area contributed by atoms with Crippen molar-refractivity contribution in [3.8, 4) is 5.75 Å². The minimum atomic E-state index is -1.20. The Kier molecular flexibility index (Phi) is 11.7. The van der Waals surface area contributed by atoms with E-state index in [4.69, 9.17) is 9.47 Å². The van der Waals surface area contributed by atoms with E-state index in [0.717, 1.165) is 5.56 Å². The molecule has 0 fully saturated rings. The summed E-state index contributed by atoms with van der Waals surface area (Å²) in [4.78, 5) is 53.0. The van der Waals surface area contributed by atoms with Gasteiger partial charge in [0, 0.05) is 18.9 Å². The van der Waals surface area contributed by atoms with Gasteiger partial charge in [-0.25, -0.2) is 4.79 Å². The summed E-state index contributed by atoms with van der Waals surface area (Å²) in [5.41, 5.74) is 0.235. The van der Waals surface area contributed by atoms with Crippen LogP contribution in [0, 0.1) is 17.3 Å². The number of nitrogens with one attached hydrogen (secondary N) is 2. The smallest absolute Gasteiger partial charge is 0.348 e. The van der Waals surface area contributed by atoms with Gasteiger partial charge in [-0.15, -0.1) is 0 Å². The van der Waals surface area contributed by atoms with Gasteiger partial charge in [0.25, 0.3) is 0 Å². The molecule has 2 aromatic carbocycles. The highest BCUT2D eigenvalue weighted by Gasteiger charge is 2.37. The molecule has 1 heterocycles. The number of ether oxygens (including phenoxy) is 2. The molecular weight excluding hydrogens is 548 g/mol. The number of esters is 2. The molecule has 4 atom stereocenters. The molecule has 0 bridgehead atoms. The van der Waals surface area contributed by atoms with Gasteiger partial charge in [0.05, 0.1) is 5.41 Å². The molecule has 0 saturated heterocycles. The molecule has 2 aromatic rings. The summed E-state index contributed by atoms with van der Waals surface area (Å²) in [5, 5.41) is 15.2. The summed E-state index contributed by atoms with van der Waals surface area (Å²) < 4.78 is 11.6. The van der Waals surface area contributed by atoms with Crippen molar-refractivity contribution in [2.24, 2.45) is 17.3 Å². The second-order valence-corrected chi connectivity index (χ2v) is 11.9. The first-order valence-electron chi connectivity index (χ1n) is 14.5. The van der Waals surface area contributed by atoms with Gasteiger partial charge in [-0.3, -0.25) is 14.4 Å². The number of phenols is 1. The minimum Gasteiger partial charge on any atom is -0.508 e. The highest BCUT2D eigenvalue weighted by atomic mass is 16.6. The fourth-order valence-electron chi connectivity index (χ4n) is 4.36. The van der Waals surface area contributed by atoms with Crippen LogP contribution < -0.4 is 10.6 Å². The first-order chi connectivity index (χ1) is 20.4. The summed E-state index contributed by atoms with van der Waals surface area (Å²) in [6.45, 7) is 8.81. The van der Waals surface area contributed by atoms with Crippen molar-refractivity contribution in [1.29, 1.82) is 0 Å². The van der Waals surface area contributed by atoms with Crippen molar-refractivity contribution < 1.29 is 33.8 Å². The molecular formula is C34H42N2O7. The Hall–Kier alpha value is -4.40. The third-order valence-electron chi connectivity index (χ3n) is 7.04. The van der Waals surface area contributed by atoms with E-state index in [0.29, 0.717) is 5.56 Å². The molecule has 1 aliphatic heterocycles. The van der Waals surface area contributed by atoms with Crippen LogP contribution in [0.3, 0.4) is 0 Å². The van der Waals surface area contributed by atoms with Gasteiger partial charge in [-0.1, -0.05) is 81.5 Å². The molecule has 230 valence electrons. The number of hydrogen-bond donors (Lipinski definition) is 3. The third kappa shape index (κ3) is 10.1. The fourth-order valence-corrected chi connectivity index (χ4v) is 4.36. The van der Waals surface area contributed by atoms with E-state index in [9.17, 15) is 24.3 Å². The summed E-state index contributed by atoms with van der Waals surface area (Å²) in [6.07, 6.45) is 5.32. The number of benzene rings is 2. The molecule has 43 heavy (non-hydrogen) atoms. The minimum absolute atomic E-state index is 0.0162. The summed E-state index contributed by atoms with van der Waals surface area (Å²) >= 11 is 0. The van der Waals surface area contributed by atoms with Crippen LogP contribution in [0.15, 0.2) is 72.8 Å². The van der Waals surface area contributed by atoms with Crippen LogP contribution in [0.25, 0.3) is 6.08 Å². The second-order valence-electron chi connectivity index (χ2n) is 11.9. The summed E-state index contributed by atoms with van der Waals surface area (Å²) in [7, 11) is 0. The zero-order valence-corrected chi connectivity index (χ0v) is 25.4. The highest BCUT2D eigenvalue weighted by Crippen LogP contribution is 2.24. The number of carbonyl (C=O) groups is 4. The number of rotatable bonds is 6. The molecule has 0 radical (unpaired) electrons. The molecule has 0 aliphatic carbocycles. The van der Waals surface area contributed by atoms with Crippen molar-refractivity contribution in [2.75, 3.05) is 6.54 Å². The molecule has 9 heteroatoms. The average molecular weight is 591 g/mol. The van der Waals surface area contributed by atoms with E-state index < -0.39 is 47.4 Å². The second kappa shape index (κ2) is 15.2. The average Bonchev–Trinajstić information content (AvgIpc) is 2.97. The normalized spacial score (nSPS) is 22.9. The van der Waals surface area contributed by atoms with Crippen LogP contribution in [-0.4, -0.2) is 47.6 Å². The third-order valence-corrected chi connectivity index (χ3v) is 7.04. The van der Waals surface area contributed by atoms with Crippen LogP contribution in [0.5, 0.6) is 5.75 Å². The largest absolute Gasteiger partial charge is 0.508 e. The van der Waals surface area contributed by atoms with E-state index in [1.165, 1.54) is 12.1 Å². The SMILES string of the molecule is CC(C)C[C@@H]1OC(=O)C(C)(C)CNC(=O)[C@@H](c2ccc(O)cc2)NC(=O)CC=C[C@@H]([C@H](C)C=Cc2ccccc2)OC1=O. The van der Waals surface area contributed by atoms with Crippen molar-refractivity contribution >= 4 is 29.8 Å². The predicted octanol–water partition coefficient (Wildman–Crippen LogP) is 4.87. The Morgan fingerprint density at radius 1 is 0.977 bits per heavy atom. The van der Waals surface area contributed by atoms with Crippen molar-refractivity contribution in [1.82, 2.24) is 10.6 Å². The Bertz CT molecular complexity index is 1320. The maximum Gasteiger partial charge on any atom is 0.348 e. The number of aromatic hydroxyl groups is 1. The molecule has 0 spiro atoms. The van der Waals surface area contributed by atoms with Crippen LogP contribution >= 0.6 is 0 Å². The number of amides is 2. The van der Waals surface area contributed by atoms with Crippen molar-refractivity contribution in [3.63, 3.8) is 0 Å². The number of carbonyl (C=O) groups excluding carboxylic acids is 4.